The average molecular weight is 218 g/mol. The van der Waals surface area contributed by atoms with Crippen molar-refractivity contribution in [1.29, 1.82) is 0 Å². The Morgan fingerprint density at radius 2 is 2.07 bits per heavy atom. The molecule has 1 saturated heterocycles. The van der Waals surface area contributed by atoms with E-state index in [9.17, 15) is 9.00 Å². The molecule has 1 rings (SSSR count). The van der Waals surface area contributed by atoms with Gasteiger partial charge in [0, 0.05) is 48.4 Å². The lowest BCUT2D eigenvalue weighted by Gasteiger charge is -2.26. The third-order valence-electron chi connectivity index (χ3n) is 2.30. The van der Waals surface area contributed by atoms with Gasteiger partial charge in [0.25, 0.3) is 0 Å². The highest BCUT2D eigenvalue weighted by Crippen LogP contribution is 2.01. The lowest BCUT2D eigenvalue weighted by molar-refractivity contribution is -0.130. The minimum Gasteiger partial charge on any atom is -0.341 e. The number of hydrogen-bond acceptors (Lipinski definition) is 3. The molecular formula is C9H18N2O2S. The Balaban J connectivity index is 2.20. The highest BCUT2D eigenvalue weighted by molar-refractivity contribution is 7.85. The van der Waals surface area contributed by atoms with Crippen LogP contribution < -0.4 is 5.32 Å². The van der Waals surface area contributed by atoms with Crippen LogP contribution in [0.5, 0.6) is 0 Å². The van der Waals surface area contributed by atoms with Gasteiger partial charge in [-0.25, -0.2) is 0 Å². The molecular weight excluding hydrogens is 200 g/mol. The quantitative estimate of drug-likeness (QED) is 0.652. The lowest BCUT2D eigenvalue weighted by atomic mass is 10.3. The lowest BCUT2D eigenvalue weighted by Crippen LogP contribution is -2.42. The summed E-state index contributed by atoms with van der Waals surface area (Å²) in [6.45, 7) is 5.00. The first-order valence-electron chi connectivity index (χ1n) is 5.07. The van der Waals surface area contributed by atoms with Crippen LogP contribution in [0.2, 0.25) is 0 Å². The van der Waals surface area contributed by atoms with Gasteiger partial charge >= 0.3 is 0 Å². The number of carbonyl (C=O) groups is 1. The van der Waals surface area contributed by atoms with Crippen molar-refractivity contribution < 1.29 is 9.00 Å². The molecule has 1 amide bonds. The second kappa shape index (κ2) is 6.14. The first-order chi connectivity index (χ1) is 6.74. The highest BCUT2D eigenvalue weighted by Gasteiger charge is 2.18. The maximum atomic E-state index is 11.6. The van der Waals surface area contributed by atoms with E-state index in [0.29, 0.717) is 31.0 Å². The first-order valence-corrected chi connectivity index (χ1v) is 6.56. The maximum Gasteiger partial charge on any atom is 0.223 e. The first kappa shape index (κ1) is 11.7. The third-order valence-corrected chi connectivity index (χ3v) is 3.57. The molecule has 1 aliphatic rings. The number of nitrogens with one attached hydrogen (secondary N) is 1. The fourth-order valence-electron chi connectivity index (χ4n) is 1.42. The molecule has 82 valence electrons. The van der Waals surface area contributed by atoms with Gasteiger partial charge in [0.2, 0.25) is 5.91 Å². The number of carbonyl (C=O) groups excluding carboxylic acids is 1. The van der Waals surface area contributed by atoms with Gasteiger partial charge in [-0.1, -0.05) is 6.92 Å². The molecule has 14 heavy (non-hydrogen) atoms. The van der Waals surface area contributed by atoms with E-state index in [1.165, 1.54) is 0 Å². The Hall–Kier alpha value is -0.420. The van der Waals surface area contributed by atoms with Crippen molar-refractivity contribution in [2.45, 2.75) is 13.3 Å². The predicted octanol–water partition coefficient (Wildman–Crippen LogP) is -0.423. The second-order valence-corrected chi connectivity index (χ2v) is 5.03. The molecule has 0 unspecified atom stereocenters. The summed E-state index contributed by atoms with van der Waals surface area (Å²) in [7, 11) is -0.694. The zero-order valence-electron chi connectivity index (χ0n) is 8.62. The van der Waals surface area contributed by atoms with Gasteiger partial charge < -0.3 is 10.2 Å². The zero-order chi connectivity index (χ0) is 10.4. The molecule has 0 saturated carbocycles. The van der Waals surface area contributed by atoms with Gasteiger partial charge in [0.05, 0.1) is 0 Å². The third kappa shape index (κ3) is 3.75. The smallest absolute Gasteiger partial charge is 0.223 e. The van der Waals surface area contributed by atoms with Crippen molar-refractivity contribution in [2.75, 3.05) is 37.7 Å². The van der Waals surface area contributed by atoms with Crippen molar-refractivity contribution in [1.82, 2.24) is 10.2 Å². The average Bonchev–Trinajstić information content (AvgIpc) is 2.19. The minimum absolute atomic E-state index is 0.183. The van der Waals surface area contributed by atoms with E-state index < -0.39 is 10.8 Å². The van der Waals surface area contributed by atoms with Crippen LogP contribution >= 0.6 is 0 Å². The summed E-state index contributed by atoms with van der Waals surface area (Å²) in [4.78, 5) is 13.4. The Morgan fingerprint density at radius 1 is 1.43 bits per heavy atom. The van der Waals surface area contributed by atoms with Gasteiger partial charge in [0.1, 0.15) is 0 Å². The SMILES string of the molecule is CCNCCC(=O)N1CCS(=O)CC1. The van der Waals surface area contributed by atoms with Crippen LogP contribution in [0.1, 0.15) is 13.3 Å². The summed E-state index contributed by atoms with van der Waals surface area (Å²) in [6.07, 6.45) is 0.556. The molecule has 1 N–H and O–H groups in total. The van der Waals surface area contributed by atoms with E-state index in [1.54, 1.807) is 0 Å². The zero-order valence-corrected chi connectivity index (χ0v) is 9.44. The van der Waals surface area contributed by atoms with E-state index in [-0.39, 0.29) is 5.91 Å². The number of rotatable bonds is 4. The summed E-state index contributed by atoms with van der Waals surface area (Å²) in [5, 5.41) is 3.12. The number of hydrogen-bond donors (Lipinski definition) is 1. The highest BCUT2D eigenvalue weighted by atomic mass is 32.2. The summed E-state index contributed by atoms with van der Waals surface area (Å²) in [6, 6.07) is 0. The predicted molar refractivity (Wildman–Crippen MR) is 57.6 cm³/mol. The molecule has 4 nitrogen and oxygen atoms in total. The van der Waals surface area contributed by atoms with Gasteiger partial charge in [-0.15, -0.1) is 0 Å². The fourth-order valence-corrected chi connectivity index (χ4v) is 2.47. The van der Waals surface area contributed by atoms with Crippen LogP contribution in [0.3, 0.4) is 0 Å². The topological polar surface area (TPSA) is 49.4 Å². The summed E-state index contributed by atoms with van der Waals surface area (Å²) in [5.74, 6) is 1.47. The molecule has 0 aromatic rings. The van der Waals surface area contributed by atoms with Crippen LogP contribution in [-0.2, 0) is 15.6 Å². The standard InChI is InChI=1S/C9H18N2O2S/c1-2-10-4-3-9(12)11-5-7-14(13)8-6-11/h10H,2-8H2,1H3. The molecule has 0 atom stereocenters. The van der Waals surface area contributed by atoms with Crippen LogP contribution in [-0.4, -0.2) is 52.7 Å². The van der Waals surface area contributed by atoms with E-state index in [1.807, 2.05) is 11.8 Å². The van der Waals surface area contributed by atoms with E-state index >= 15 is 0 Å². The second-order valence-electron chi connectivity index (χ2n) is 3.33. The van der Waals surface area contributed by atoms with Gasteiger partial charge in [-0.05, 0) is 6.54 Å². The normalized spacial score (nSPS) is 18.5. The molecule has 0 spiro atoms. The fraction of sp³-hybridized carbons (Fsp3) is 0.889. The van der Waals surface area contributed by atoms with Crippen molar-refractivity contribution in [3.63, 3.8) is 0 Å². The molecule has 5 heteroatoms. The van der Waals surface area contributed by atoms with Crippen molar-refractivity contribution in [3.8, 4) is 0 Å². The van der Waals surface area contributed by atoms with Crippen LogP contribution in [0, 0.1) is 0 Å². The Kier molecular flexibility index (Phi) is 5.11. The maximum absolute atomic E-state index is 11.6. The molecule has 0 aliphatic carbocycles. The molecule has 1 fully saturated rings. The van der Waals surface area contributed by atoms with Gasteiger partial charge in [-0.2, -0.15) is 0 Å². The van der Waals surface area contributed by atoms with E-state index in [4.69, 9.17) is 0 Å². The molecule has 1 heterocycles. The molecule has 0 aromatic carbocycles. The number of nitrogens with zero attached hydrogens (tertiary/aromatic N) is 1. The van der Waals surface area contributed by atoms with Crippen LogP contribution in [0.4, 0.5) is 0 Å². The monoisotopic (exact) mass is 218 g/mol. The molecule has 1 aliphatic heterocycles. The van der Waals surface area contributed by atoms with Crippen LogP contribution in [0.25, 0.3) is 0 Å². The Morgan fingerprint density at radius 3 is 2.64 bits per heavy atom. The molecule has 0 bridgehead atoms. The van der Waals surface area contributed by atoms with Crippen LogP contribution in [0.15, 0.2) is 0 Å². The van der Waals surface area contributed by atoms with Gasteiger partial charge in [0.15, 0.2) is 0 Å². The summed E-state index contributed by atoms with van der Waals surface area (Å²) < 4.78 is 11.1. The Bertz CT molecular complexity index is 211. The molecule has 0 radical (unpaired) electrons. The van der Waals surface area contributed by atoms with Crippen molar-refractivity contribution in [3.05, 3.63) is 0 Å². The Labute approximate surface area is 87.5 Å². The number of amides is 1. The van der Waals surface area contributed by atoms with Crippen molar-refractivity contribution >= 4 is 16.7 Å². The van der Waals surface area contributed by atoms with E-state index in [0.717, 1.165) is 13.1 Å². The van der Waals surface area contributed by atoms with E-state index in [2.05, 4.69) is 5.32 Å². The summed E-state index contributed by atoms with van der Waals surface area (Å²) >= 11 is 0. The minimum atomic E-state index is -0.694. The molecule has 0 aromatic heterocycles. The van der Waals surface area contributed by atoms with Crippen molar-refractivity contribution in [2.24, 2.45) is 0 Å². The largest absolute Gasteiger partial charge is 0.341 e. The summed E-state index contributed by atoms with van der Waals surface area (Å²) in [5.41, 5.74) is 0. The van der Waals surface area contributed by atoms with Gasteiger partial charge in [-0.3, -0.25) is 9.00 Å².